The average molecular weight is 361 g/mol. The molecule has 0 fully saturated rings. The topological polar surface area (TPSA) is 43.8 Å². The highest BCUT2D eigenvalue weighted by atomic mass is 79.9. The van der Waals surface area contributed by atoms with Crippen LogP contribution < -0.4 is 5.73 Å². The number of aromatic nitrogens is 2. The van der Waals surface area contributed by atoms with E-state index in [-0.39, 0.29) is 5.82 Å². The second-order valence-electron chi connectivity index (χ2n) is 4.02. The molecular formula is C12H8BrClFN3S. The van der Waals surface area contributed by atoms with Gasteiger partial charge in [0.15, 0.2) is 0 Å². The maximum Gasteiger partial charge on any atom is 0.201 e. The Morgan fingerprint density at radius 2 is 2.21 bits per heavy atom. The molecule has 0 unspecified atom stereocenters. The molecule has 0 amide bonds. The van der Waals surface area contributed by atoms with Crippen molar-refractivity contribution in [3.05, 3.63) is 43.8 Å². The molecule has 98 valence electrons. The van der Waals surface area contributed by atoms with Gasteiger partial charge in [-0.05, 0) is 34.1 Å². The van der Waals surface area contributed by atoms with Crippen LogP contribution in [0.2, 0.25) is 4.34 Å². The van der Waals surface area contributed by atoms with Crippen molar-refractivity contribution >= 4 is 55.8 Å². The van der Waals surface area contributed by atoms with Gasteiger partial charge in [0.2, 0.25) is 5.95 Å². The summed E-state index contributed by atoms with van der Waals surface area (Å²) in [4.78, 5) is 5.27. The van der Waals surface area contributed by atoms with Crippen molar-refractivity contribution in [1.29, 1.82) is 0 Å². The summed E-state index contributed by atoms with van der Waals surface area (Å²) >= 11 is 10.5. The Morgan fingerprint density at radius 1 is 1.42 bits per heavy atom. The normalized spacial score (nSPS) is 11.3. The monoisotopic (exact) mass is 359 g/mol. The molecule has 0 spiro atoms. The molecule has 1 aromatic carbocycles. The van der Waals surface area contributed by atoms with Gasteiger partial charge in [-0.2, -0.15) is 0 Å². The third-order valence-electron chi connectivity index (χ3n) is 2.76. The van der Waals surface area contributed by atoms with E-state index < -0.39 is 0 Å². The Bertz CT molecular complexity index is 768. The van der Waals surface area contributed by atoms with E-state index >= 15 is 0 Å². The Hall–Kier alpha value is -1.11. The van der Waals surface area contributed by atoms with Crippen molar-refractivity contribution in [1.82, 2.24) is 9.55 Å². The highest BCUT2D eigenvalue weighted by Gasteiger charge is 2.12. The SMILES string of the molecule is Nc1nc2cc(Br)c(F)cc2n1Cc1ccc(Cl)s1. The van der Waals surface area contributed by atoms with Crippen LogP contribution in [0.25, 0.3) is 11.0 Å². The summed E-state index contributed by atoms with van der Waals surface area (Å²) in [5.41, 5.74) is 7.22. The number of anilines is 1. The van der Waals surface area contributed by atoms with E-state index in [0.29, 0.717) is 32.3 Å². The van der Waals surface area contributed by atoms with Crippen LogP contribution in [0, 0.1) is 5.82 Å². The van der Waals surface area contributed by atoms with Crippen LogP contribution in [0.4, 0.5) is 10.3 Å². The van der Waals surface area contributed by atoms with Crippen LogP contribution in [0.3, 0.4) is 0 Å². The molecule has 3 aromatic rings. The third-order valence-corrected chi connectivity index (χ3v) is 4.59. The zero-order valence-corrected chi connectivity index (χ0v) is 12.7. The van der Waals surface area contributed by atoms with Crippen molar-refractivity contribution in [3.63, 3.8) is 0 Å². The number of rotatable bonds is 2. The summed E-state index contributed by atoms with van der Waals surface area (Å²) in [5.74, 6) is 0.0230. The number of hydrogen-bond acceptors (Lipinski definition) is 3. The Labute approximate surface area is 125 Å². The summed E-state index contributed by atoms with van der Waals surface area (Å²) in [6, 6.07) is 6.80. The Balaban J connectivity index is 2.12. The number of imidazole rings is 1. The van der Waals surface area contributed by atoms with Gasteiger partial charge < -0.3 is 10.3 Å². The number of hydrogen-bond donors (Lipinski definition) is 1. The number of benzene rings is 1. The fraction of sp³-hybridized carbons (Fsp3) is 0.0833. The van der Waals surface area contributed by atoms with Crippen LogP contribution in [0.1, 0.15) is 4.88 Å². The maximum atomic E-state index is 13.6. The van der Waals surface area contributed by atoms with Crippen molar-refractivity contribution in [2.75, 3.05) is 5.73 Å². The van der Waals surface area contributed by atoms with Crippen LogP contribution in [-0.4, -0.2) is 9.55 Å². The van der Waals surface area contributed by atoms with Crippen LogP contribution in [0.5, 0.6) is 0 Å². The van der Waals surface area contributed by atoms with Crippen LogP contribution in [0.15, 0.2) is 28.7 Å². The molecule has 0 aliphatic heterocycles. The summed E-state index contributed by atoms with van der Waals surface area (Å²) in [5, 5.41) is 0. The van der Waals surface area contributed by atoms with Gasteiger partial charge in [0.25, 0.3) is 0 Å². The lowest BCUT2D eigenvalue weighted by Crippen LogP contribution is -2.03. The standard InChI is InChI=1S/C12H8BrClFN3S/c13-7-3-9-10(4-8(7)15)18(12(16)17-9)5-6-1-2-11(14)19-6/h1-4H,5H2,(H2,16,17). The lowest BCUT2D eigenvalue weighted by atomic mass is 10.3. The number of thiophene rings is 1. The molecule has 0 saturated heterocycles. The Morgan fingerprint density at radius 3 is 2.89 bits per heavy atom. The molecule has 3 nitrogen and oxygen atoms in total. The molecule has 0 bridgehead atoms. The van der Waals surface area contributed by atoms with E-state index in [0.717, 1.165) is 4.88 Å². The van der Waals surface area contributed by atoms with Gasteiger partial charge in [-0.3, -0.25) is 0 Å². The quantitative estimate of drug-likeness (QED) is 0.741. The number of nitrogen functional groups attached to an aromatic ring is 1. The average Bonchev–Trinajstić information content (AvgIpc) is 2.87. The fourth-order valence-corrected chi connectivity index (χ4v) is 3.31. The summed E-state index contributed by atoms with van der Waals surface area (Å²) in [6.07, 6.45) is 0. The molecule has 0 radical (unpaired) electrons. The van der Waals surface area contributed by atoms with E-state index in [1.54, 1.807) is 10.6 Å². The number of nitrogens with two attached hydrogens (primary N) is 1. The number of halogens is 3. The summed E-state index contributed by atoms with van der Waals surface area (Å²) in [7, 11) is 0. The molecular weight excluding hydrogens is 353 g/mol. The minimum Gasteiger partial charge on any atom is -0.369 e. The predicted octanol–water partition coefficient (Wildman–Crippen LogP) is 4.28. The predicted molar refractivity (Wildman–Crippen MR) is 80.2 cm³/mol. The first-order valence-corrected chi connectivity index (χ1v) is 7.38. The van der Waals surface area contributed by atoms with E-state index in [9.17, 15) is 4.39 Å². The maximum absolute atomic E-state index is 13.6. The van der Waals surface area contributed by atoms with Crippen molar-refractivity contribution < 1.29 is 4.39 Å². The van der Waals surface area contributed by atoms with Gasteiger partial charge in [-0.15, -0.1) is 11.3 Å². The van der Waals surface area contributed by atoms with Gasteiger partial charge in [0.1, 0.15) is 5.82 Å². The second-order valence-corrected chi connectivity index (χ2v) is 6.67. The molecule has 2 aromatic heterocycles. The highest BCUT2D eigenvalue weighted by molar-refractivity contribution is 9.10. The van der Waals surface area contributed by atoms with Gasteiger partial charge in [-0.1, -0.05) is 11.6 Å². The number of nitrogens with zero attached hydrogens (tertiary/aromatic N) is 2. The van der Waals surface area contributed by atoms with Crippen LogP contribution >= 0.6 is 38.9 Å². The second kappa shape index (κ2) is 4.77. The summed E-state index contributed by atoms with van der Waals surface area (Å²) < 4.78 is 16.5. The molecule has 0 aliphatic rings. The molecule has 2 heterocycles. The smallest absolute Gasteiger partial charge is 0.201 e. The fourth-order valence-electron chi connectivity index (χ4n) is 1.90. The van der Waals surface area contributed by atoms with Crippen LogP contribution in [-0.2, 0) is 6.54 Å². The molecule has 7 heteroatoms. The van der Waals surface area contributed by atoms with E-state index in [1.165, 1.54) is 17.4 Å². The Kier molecular flexibility index (Phi) is 3.24. The number of fused-ring (bicyclic) bond motifs is 1. The van der Waals surface area contributed by atoms with Gasteiger partial charge in [0, 0.05) is 10.9 Å². The van der Waals surface area contributed by atoms with Crippen molar-refractivity contribution in [2.24, 2.45) is 0 Å². The zero-order valence-electron chi connectivity index (χ0n) is 9.53. The molecule has 19 heavy (non-hydrogen) atoms. The summed E-state index contributed by atoms with van der Waals surface area (Å²) in [6.45, 7) is 0.529. The lowest BCUT2D eigenvalue weighted by Gasteiger charge is -2.04. The van der Waals surface area contributed by atoms with Gasteiger partial charge in [-0.25, -0.2) is 9.37 Å². The van der Waals surface area contributed by atoms with Gasteiger partial charge in [0.05, 0.1) is 26.4 Å². The third kappa shape index (κ3) is 2.35. The molecule has 0 aliphatic carbocycles. The molecule has 0 saturated carbocycles. The first-order valence-electron chi connectivity index (χ1n) is 5.39. The van der Waals surface area contributed by atoms with E-state index in [4.69, 9.17) is 17.3 Å². The molecule has 0 atom stereocenters. The zero-order chi connectivity index (χ0) is 13.6. The molecule has 3 rings (SSSR count). The van der Waals surface area contributed by atoms with E-state index in [2.05, 4.69) is 20.9 Å². The van der Waals surface area contributed by atoms with E-state index in [1.807, 2.05) is 12.1 Å². The first-order chi connectivity index (χ1) is 9.04. The largest absolute Gasteiger partial charge is 0.369 e. The minimum absolute atomic E-state index is 0.335. The minimum atomic E-state index is -0.335. The first kappa shape index (κ1) is 12.9. The van der Waals surface area contributed by atoms with Crippen molar-refractivity contribution in [2.45, 2.75) is 6.54 Å². The lowest BCUT2D eigenvalue weighted by molar-refractivity contribution is 0.622. The van der Waals surface area contributed by atoms with Gasteiger partial charge >= 0.3 is 0 Å². The highest BCUT2D eigenvalue weighted by Crippen LogP contribution is 2.28. The van der Waals surface area contributed by atoms with Crippen molar-refractivity contribution in [3.8, 4) is 0 Å². The molecule has 2 N–H and O–H groups in total.